The third-order valence-corrected chi connectivity index (χ3v) is 1.46. The van der Waals surface area contributed by atoms with Crippen molar-refractivity contribution in [1.82, 2.24) is 5.32 Å². The maximum absolute atomic E-state index is 5.31. The molecule has 0 saturated heterocycles. The first-order valence-corrected chi connectivity index (χ1v) is 3.73. The highest BCUT2D eigenvalue weighted by Crippen LogP contribution is 1.86. The van der Waals surface area contributed by atoms with E-state index in [-0.39, 0.29) is 0 Å². The van der Waals surface area contributed by atoms with Gasteiger partial charge in [0.25, 0.3) is 0 Å². The minimum atomic E-state index is 0.595. The molecule has 0 amide bonds. The van der Waals surface area contributed by atoms with Crippen LogP contribution in [-0.2, 0) is 0 Å². The lowest BCUT2D eigenvalue weighted by Gasteiger charge is -2.07. The van der Waals surface area contributed by atoms with Crippen LogP contribution in [-0.4, -0.2) is 12.6 Å². The SMILES string of the molecule is CCC(C)NC/C=C/Cl. The predicted molar refractivity (Wildman–Crippen MR) is 42.7 cm³/mol. The molecule has 0 aliphatic rings. The molecule has 0 rings (SSSR count). The van der Waals surface area contributed by atoms with Crippen molar-refractivity contribution in [3.8, 4) is 0 Å². The van der Waals surface area contributed by atoms with E-state index in [4.69, 9.17) is 11.6 Å². The fourth-order valence-electron chi connectivity index (χ4n) is 0.458. The predicted octanol–water partition coefficient (Wildman–Crippen LogP) is 2.13. The fourth-order valence-corrected chi connectivity index (χ4v) is 0.547. The lowest BCUT2D eigenvalue weighted by Crippen LogP contribution is -2.24. The van der Waals surface area contributed by atoms with Crippen LogP contribution in [0, 0.1) is 0 Å². The van der Waals surface area contributed by atoms with Crippen molar-refractivity contribution >= 4 is 11.6 Å². The number of nitrogens with one attached hydrogen (secondary N) is 1. The molecule has 0 bridgehead atoms. The molecule has 0 heterocycles. The largest absolute Gasteiger partial charge is 0.311 e. The van der Waals surface area contributed by atoms with Gasteiger partial charge in [0.1, 0.15) is 0 Å². The van der Waals surface area contributed by atoms with Crippen LogP contribution < -0.4 is 5.32 Å². The van der Waals surface area contributed by atoms with Crippen LogP contribution in [0.2, 0.25) is 0 Å². The van der Waals surface area contributed by atoms with E-state index in [2.05, 4.69) is 19.2 Å². The minimum Gasteiger partial charge on any atom is -0.311 e. The van der Waals surface area contributed by atoms with E-state index in [9.17, 15) is 0 Å². The molecule has 9 heavy (non-hydrogen) atoms. The Bertz CT molecular complexity index is 81.0. The molecule has 0 aliphatic heterocycles. The van der Waals surface area contributed by atoms with Gasteiger partial charge in [-0.05, 0) is 13.3 Å². The number of hydrogen-bond acceptors (Lipinski definition) is 1. The molecule has 0 fully saturated rings. The van der Waals surface area contributed by atoms with Gasteiger partial charge in [-0.2, -0.15) is 0 Å². The zero-order valence-electron chi connectivity index (χ0n) is 6.02. The molecular formula is C7H14ClN. The maximum Gasteiger partial charge on any atom is 0.0148 e. The summed E-state index contributed by atoms with van der Waals surface area (Å²) in [6, 6.07) is 0.595. The molecule has 54 valence electrons. The zero-order chi connectivity index (χ0) is 7.11. The molecule has 0 spiro atoms. The molecule has 0 radical (unpaired) electrons. The highest BCUT2D eigenvalue weighted by Gasteiger charge is 1.91. The Morgan fingerprint density at radius 1 is 1.67 bits per heavy atom. The summed E-state index contributed by atoms with van der Waals surface area (Å²) in [5.74, 6) is 0. The van der Waals surface area contributed by atoms with Crippen molar-refractivity contribution in [2.75, 3.05) is 6.54 Å². The van der Waals surface area contributed by atoms with Gasteiger partial charge in [0, 0.05) is 18.1 Å². The molecule has 0 aromatic carbocycles. The van der Waals surface area contributed by atoms with E-state index < -0.39 is 0 Å². The van der Waals surface area contributed by atoms with Crippen molar-refractivity contribution < 1.29 is 0 Å². The standard InChI is InChI=1S/C7H14ClN/c1-3-7(2)9-6-4-5-8/h4-5,7,9H,3,6H2,1-2H3/b5-4+. The second kappa shape index (κ2) is 6.12. The summed E-state index contributed by atoms with van der Waals surface area (Å²) >= 11 is 5.31. The third kappa shape index (κ3) is 5.87. The van der Waals surface area contributed by atoms with Crippen molar-refractivity contribution in [3.05, 3.63) is 11.6 Å². The first kappa shape index (κ1) is 8.99. The average Bonchev–Trinajstić information content (AvgIpc) is 1.89. The van der Waals surface area contributed by atoms with Gasteiger partial charge < -0.3 is 5.32 Å². The molecule has 0 saturated carbocycles. The molecule has 0 aromatic heterocycles. The summed E-state index contributed by atoms with van der Waals surface area (Å²) in [5, 5.41) is 3.26. The van der Waals surface area contributed by atoms with E-state index in [1.54, 1.807) is 0 Å². The number of rotatable bonds is 4. The Morgan fingerprint density at radius 3 is 2.78 bits per heavy atom. The first-order chi connectivity index (χ1) is 4.31. The van der Waals surface area contributed by atoms with Gasteiger partial charge in [-0.3, -0.25) is 0 Å². The van der Waals surface area contributed by atoms with Crippen LogP contribution in [0.1, 0.15) is 20.3 Å². The normalized spacial score (nSPS) is 14.6. The minimum absolute atomic E-state index is 0.595. The van der Waals surface area contributed by atoms with Gasteiger partial charge in [0.05, 0.1) is 0 Å². The van der Waals surface area contributed by atoms with Crippen molar-refractivity contribution in [3.63, 3.8) is 0 Å². The molecule has 0 aromatic rings. The topological polar surface area (TPSA) is 12.0 Å². The Labute approximate surface area is 62.1 Å². The number of hydrogen-bond donors (Lipinski definition) is 1. The second-order valence-electron chi connectivity index (χ2n) is 2.08. The van der Waals surface area contributed by atoms with Gasteiger partial charge in [0.2, 0.25) is 0 Å². The van der Waals surface area contributed by atoms with Crippen molar-refractivity contribution in [2.24, 2.45) is 0 Å². The highest BCUT2D eigenvalue weighted by molar-refractivity contribution is 6.25. The third-order valence-electron chi connectivity index (χ3n) is 1.29. The smallest absolute Gasteiger partial charge is 0.0148 e. The van der Waals surface area contributed by atoms with E-state index in [0.29, 0.717) is 6.04 Å². The Balaban J connectivity index is 3.06. The lowest BCUT2D eigenvalue weighted by molar-refractivity contribution is 0.567. The molecular weight excluding hydrogens is 134 g/mol. The maximum atomic E-state index is 5.31. The van der Waals surface area contributed by atoms with Crippen LogP contribution >= 0.6 is 11.6 Å². The summed E-state index contributed by atoms with van der Waals surface area (Å²) in [6.07, 6.45) is 3.06. The number of halogens is 1. The summed E-state index contributed by atoms with van der Waals surface area (Å²) in [5.41, 5.74) is 1.54. The highest BCUT2D eigenvalue weighted by atomic mass is 35.5. The average molecular weight is 148 g/mol. The Hall–Kier alpha value is -0.0100. The molecule has 1 atom stereocenters. The Kier molecular flexibility index (Phi) is 6.11. The monoisotopic (exact) mass is 147 g/mol. The van der Waals surface area contributed by atoms with Gasteiger partial charge in [-0.15, -0.1) is 0 Å². The molecule has 2 heteroatoms. The quantitative estimate of drug-likeness (QED) is 0.643. The van der Waals surface area contributed by atoms with Crippen LogP contribution in [0.3, 0.4) is 0 Å². The van der Waals surface area contributed by atoms with E-state index in [0.717, 1.165) is 13.0 Å². The van der Waals surface area contributed by atoms with Crippen LogP contribution in [0.5, 0.6) is 0 Å². The second-order valence-corrected chi connectivity index (χ2v) is 2.33. The van der Waals surface area contributed by atoms with Gasteiger partial charge >= 0.3 is 0 Å². The van der Waals surface area contributed by atoms with Gasteiger partial charge in [-0.25, -0.2) is 0 Å². The van der Waals surface area contributed by atoms with Crippen molar-refractivity contribution in [1.29, 1.82) is 0 Å². The fraction of sp³-hybridized carbons (Fsp3) is 0.714. The lowest BCUT2D eigenvalue weighted by atomic mass is 10.3. The van der Waals surface area contributed by atoms with Crippen LogP contribution in [0.15, 0.2) is 11.6 Å². The van der Waals surface area contributed by atoms with Gasteiger partial charge in [-0.1, -0.05) is 24.6 Å². The Morgan fingerprint density at radius 2 is 2.33 bits per heavy atom. The summed E-state index contributed by atoms with van der Waals surface area (Å²) in [4.78, 5) is 0. The summed E-state index contributed by atoms with van der Waals surface area (Å²) in [6.45, 7) is 5.18. The first-order valence-electron chi connectivity index (χ1n) is 3.29. The van der Waals surface area contributed by atoms with E-state index in [1.807, 2.05) is 6.08 Å². The molecule has 0 aliphatic carbocycles. The molecule has 1 unspecified atom stereocenters. The van der Waals surface area contributed by atoms with E-state index >= 15 is 0 Å². The van der Waals surface area contributed by atoms with Crippen molar-refractivity contribution in [2.45, 2.75) is 26.3 Å². The molecule has 1 N–H and O–H groups in total. The van der Waals surface area contributed by atoms with Crippen LogP contribution in [0.4, 0.5) is 0 Å². The molecule has 1 nitrogen and oxygen atoms in total. The summed E-state index contributed by atoms with van der Waals surface area (Å²) < 4.78 is 0. The zero-order valence-corrected chi connectivity index (χ0v) is 6.78. The van der Waals surface area contributed by atoms with E-state index in [1.165, 1.54) is 5.54 Å². The van der Waals surface area contributed by atoms with Crippen LogP contribution in [0.25, 0.3) is 0 Å². The summed E-state index contributed by atoms with van der Waals surface area (Å²) in [7, 11) is 0. The van der Waals surface area contributed by atoms with Gasteiger partial charge in [0.15, 0.2) is 0 Å².